The Morgan fingerprint density at radius 3 is 2.71 bits per heavy atom. The standard InChI is InChI=1S/C13H10BrClFN/c14-10-2-1-3-11(7-10)17-8-9-4-5-13(16)12(15)6-9/h1-7,17H,8H2. The predicted molar refractivity (Wildman–Crippen MR) is 72.9 cm³/mol. The first-order valence-corrected chi connectivity index (χ1v) is 6.25. The Labute approximate surface area is 113 Å². The van der Waals surface area contributed by atoms with E-state index in [1.165, 1.54) is 6.07 Å². The maximum Gasteiger partial charge on any atom is 0.141 e. The van der Waals surface area contributed by atoms with Crippen LogP contribution in [0.4, 0.5) is 10.1 Å². The molecule has 1 N–H and O–H groups in total. The average Bonchev–Trinajstić information content (AvgIpc) is 2.31. The highest BCUT2D eigenvalue weighted by Gasteiger charge is 2.01. The molecule has 0 aliphatic rings. The quantitative estimate of drug-likeness (QED) is 0.853. The summed E-state index contributed by atoms with van der Waals surface area (Å²) in [6, 6.07) is 12.6. The molecule has 0 amide bonds. The van der Waals surface area contributed by atoms with Crippen LogP contribution in [0.25, 0.3) is 0 Å². The molecule has 0 aromatic heterocycles. The minimum absolute atomic E-state index is 0.151. The van der Waals surface area contributed by atoms with E-state index in [4.69, 9.17) is 11.6 Å². The van der Waals surface area contributed by atoms with Crippen LogP contribution in [-0.4, -0.2) is 0 Å². The molecule has 0 saturated heterocycles. The first-order valence-electron chi connectivity index (χ1n) is 5.08. The molecule has 0 unspecified atom stereocenters. The van der Waals surface area contributed by atoms with Gasteiger partial charge >= 0.3 is 0 Å². The van der Waals surface area contributed by atoms with Gasteiger partial charge in [0, 0.05) is 16.7 Å². The molecular formula is C13H10BrClFN. The lowest BCUT2D eigenvalue weighted by Crippen LogP contribution is -1.99. The molecular weight excluding hydrogens is 305 g/mol. The summed E-state index contributed by atoms with van der Waals surface area (Å²) in [6.07, 6.45) is 0. The molecule has 4 heteroatoms. The third-order valence-corrected chi connectivity index (χ3v) is 3.09. The topological polar surface area (TPSA) is 12.0 Å². The van der Waals surface area contributed by atoms with Gasteiger partial charge in [-0.25, -0.2) is 4.39 Å². The predicted octanol–water partition coefficient (Wildman–Crippen LogP) is 4.85. The fraction of sp³-hybridized carbons (Fsp3) is 0.0769. The summed E-state index contributed by atoms with van der Waals surface area (Å²) in [5.74, 6) is -0.391. The SMILES string of the molecule is Fc1ccc(CNc2cccc(Br)c2)cc1Cl. The van der Waals surface area contributed by atoms with Crippen LogP contribution in [0.2, 0.25) is 5.02 Å². The summed E-state index contributed by atoms with van der Waals surface area (Å²) < 4.78 is 14.0. The van der Waals surface area contributed by atoms with Gasteiger partial charge in [0.1, 0.15) is 5.82 Å². The van der Waals surface area contributed by atoms with Gasteiger partial charge in [0.2, 0.25) is 0 Å². The molecule has 17 heavy (non-hydrogen) atoms. The van der Waals surface area contributed by atoms with Crippen LogP contribution < -0.4 is 5.32 Å². The van der Waals surface area contributed by atoms with Crippen LogP contribution in [0.5, 0.6) is 0 Å². The van der Waals surface area contributed by atoms with Gasteiger partial charge in [-0.1, -0.05) is 39.7 Å². The number of benzene rings is 2. The first kappa shape index (κ1) is 12.4. The molecule has 0 spiro atoms. The van der Waals surface area contributed by atoms with Crippen molar-refractivity contribution in [3.8, 4) is 0 Å². The number of hydrogen-bond donors (Lipinski definition) is 1. The van der Waals surface area contributed by atoms with Crippen molar-refractivity contribution in [3.63, 3.8) is 0 Å². The van der Waals surface area contributed by atoms with Crippen LogP contribution in [0.3, 0.4) is 0 Å². The average molecular weight is 315 g/mol. The Hall–Kier alpha value is -1.06. The van der Waals surface area contributed by atoms with Gasteiger partial charge in [0.05, 0.1) is 5.02 Å². The molecule has 2 aromatic carbocycles. The van der Waals surface area contributed by atoms with Gasteiger partial charge in [-0.15, -0.1) is 0 Å². The highest BCUT2D eigenvalue weighted by Crippen LogP contribution is 2.19. The van der Waals surface area contributed by atoms with Crippen LogP contribution in [0, 0.1) is 5.82 Å². The van der Waals surface area contributed by atoms with Gasteiger partial charge in [0.15, 0.2) is 0 Å². The second-order valence-electron chi connectivity index (χ2n) is 3.61. The van der Waals surface area contributed by atoms with Gasteiger partial charge in [0.25, 0.3) is 0 Å². The van der Waals surface area contributed by atoms with E-state index >= 15 is 0 Å². The minimum atomic E-state index is -0.391. The van der Waals surface area contributed by atoms with Crippen LogP contribution >= 0.6 is 27.5 Å². The fourth-order valence-electron chi connectivity index (χ4n) is 1.45. The third-order valence-electron chi connectivity index (χ3n) is 2.31. The second-order valence-corrected chi connectivity index (χ2v) is 4.94. The molecule has 1 nitrogen and oxygen atoms in total. The number of anilines is 1. The maximum atomic E-state index is 13.0. The molecule has 0 aliphatic heterocycles. The molecule has 0 radical (unpaired) electrons. The summed E-state index contributed by atoms with van der Waals surface area (Å²) in [5, 5.41) is 3.39. The van der Waals surface area contributed by atoms with E-state index < -0.39 is 5.82 Å². The highest BCUT2D eigenvalue weighted by molar-refractivity contribution is 9.10. The molecule has 2 aromatic rings. The maximum absolute atomic E-state index is 13.0. The molecule has 0 saturated carbocycles. The van der Waals surface area contributed by atoms with E-state index in [9.17, 15) is 4.39 Å². The van der Waals surface area contributed by atoms with Crippen molar-refractivity contribution in [2.24, 2.45) is 0 Å². The van der Waals surface area contributed by atoms with Gasteiger partial charge < -0.3 is 5.32 Å². The lowest BCUT2D eigenvalue weighted by Gasteiger charge is -2.07. The van der Waals surface area contributed by atoms with Crippen molar-refractivity contribution in [2.75, 3.05) is 5.32 Å². The van der Waals surface area contributed by atoms with Crippen molar-refractivity contribution in [1.82, 2.24) is 0 Å². The van der Waals surface area contributed by atoms with Gasteiger partial charge in [-0.05, 0) is 35.9 Å². The molecule has 0 bridgehead atoms. The van der Waals surface area contributed by atoms with Crippen molar-refractivity contribution >= 4 is 33.2 Å². The van der Waals surface area contributed by atoms with Crippen molar-refractivity contribution < 1.29 is 4.39 Å². The third kappa shape index (κ3) is 3.45. The summed E-state index contributed by atoms with van der Waals surface area (Å²) in [4.78, 5) is 0. The number of halogens is 3. The molecule has 0 atom stereocenters. The Bertz CT molecular complexity index is 531. The molecule has 0 aliphatic carbocycles. The van der Waals surface area contributed by atoms with E-state index in [1.54, 1.807) is 12.1 Å². The van der Waals surface area contributed by atoms with Crippen molar-refractivity contribution in [3.05, 3.63) is 63.3 Å². The van der Waals surface area contributed by atoms with Gasteiger partial charge in [-0.3, -0.25) is 0 Å². The Kier molecular flexibility index (Phi) is 4.02. The zero-order chi connectivity index (χ0) is 12.3. The van der Waals surface area contributed by atoms with Crippen LogP contribution in [0.1, 0.15) is 5.56 Å². The Balaban J connectivity index is 2.05. The number of nitrogens with one attached hydrogen (secondary N) is 1. The Morgan fingerprint density at radius 1 is 1.18 bits per heavy atom. The zero-order valence-electron chi connectivity index (χ0n) is 8.88. The normalized spacial score (nSPS) is 10.3. The minimum Gasteiger partial charge on any atom is -0.381 e. The monoisotopic (exact) mass is 313 g/mol. The summed E-state index contributed by atoms with van der Waals surface area (Å²) in [7, 11) is 0. The lowest BCUT2D eigenvalue weighted by atomic mass is 10.2. The Morgan fingerprint density at radius 2 is 2.00 bits per heavy atom. The van der Waals surface area contributed by atoms with Crippen molar-refractivity contribution in [1.29, 1.82) is 0 Å². The first-order chi connectivity index (χ1) is 8.15. The van der Waals surface area contributed by atoms with Crippen LogP contribution in [0.15, 0.2) is 46.9 Å². The molecule has 88 valence electrons. The molecule has 2 rings (SSSR count). The molecule has 0 heterocycles. The smallest absolute Gasteiger partial charge is 0.141 e. The van der Waals surface area contributed by atoms with E-state index in [1.807, 2.05) is 24.3 Å². The zero-order valence-corrected chi connectivity index (χ0v) is 11.2. The van der Waals surface area contributed by atoms with E-state index in [-0.39, 0.29) is 5.02 Å². The van der Waals surface area contributed by atoms with Gasteiger partial charge in [-0.2, -0.15) is 0 Å². The fourth-order valence-corrected chi connectivity index (χ4v) is 2.05. The van der Waals surface area contributed by atoms with E-state index in [0.29, 0.717) is 6.54 Å². The van der Waals surface area contributed by atoms with Crippen LogP contribution in [-0.2, 0) is 6.54 Å². The summed E-state index contributed by atoms with van der Waals surface area (Å²) in [5.41, 5.74) is 1.94. The summed E-state index contributed by atoms with van der Waals surface area (Å²) in [6.45, 7) is 0.608. The lowest BCUT2D eigenvalue weighted by molar-refractivity contribution is 0.627. The van der Waals surface area contributed by atoms with E-state index in [0.717, 1.165) is 15.7 Å². The highest BCUT2D eigenvalue weighted by atomic mass is 79.9. The largest absolute Gasteiger partial charge is 0.381 e. The summed E-state index contributed by atoms with van der Waals surface area (Å²) >= 11 is 9.11. The van der Waals surface area contributed by atoms with E-state index in [2.05, 4.69) is 21.2 Å². The number of hydrogen-bond acceptors (Lipinski definition) is 1. The van der Waals surface area contributed by atoms with Crippen molar-refractivity contribution in [2.45, 2.75) is 6.54 Å². The second kappa shape index (κ2) is 5.52. The molecule has 0 fully saturated rings. The number of rotatable bonds is 3.